The van der Waals surface area contributed by atoms with Crippen LogP contribution in [0.1, 0.15) is 18.4 Å². The van der Waals surface area contributed by atoms with E-state index in [0.717, 1.165) is 17.7 Å². The van der Waals surface area contributed by atoms with Crippen LogP contribution in [0.25, 0.3) is 0 Å². The van der Waals surface area contributed by atoms with E-state index in [1.807, 2.05) is 0 Å². The molecule has 0 aliphatic carbocycles. The lowest BCUT2D eigenvalue weighted by Gasteiger charge is -2.42. The van der Waals surface area contributed by atoms with Gasteiger partial charge in [-0.1, -0.05) is 23.2 Å². The molecular formula is C21H20Cl2F2N2O4. The van der Waals surface area contributed by atoms with Crippen LogP contribution in [-0.2, 0) is 11.2 Å². The normalized spacial score (nSPS) is 23.4. The molecule has 2 aromatic carbocycles. The Morgan fingerprint density at radius 3 is 2.71 bits per heavy atom. The third kappa shape index (κ3) is 4.30. The Bertz CT molecular complexity index is 1040. The van der Waals surface area contributed by atoms with Crippen molar-refractivity contribution < 1.29 is 28.5 Å². The zero-order valence-electron chi connectivity index (χ0n) is 16.3. The predicted octanol–water partition coefficient (Wildman–Crippen LogP) is 3.54. The number of anilines is 2. The van der Waals surface area contributed by atoms with Gasteiger partial charge in [-0.05, 0) is 31.0 Å². The summed E-state index contributed by atoms with van der Waals surface area (Å²) >= 11 is 11.8. The van der Waals surface area contributed by atoms with E-state index < -0.39 is 23.3 Å². The highest BCUT2D eigenvalue weighted by Gasteiger charge is 2.42. The monoisotopic (exact) mass is 472 g/mol. The van der Waals surface area contributed by atoms with Crippen LogP contribution in [0.2, 0.25) is 10.0 Å². The molecule has 0 unspecified atom stereocenters. The summed E-state index contributed by atoms with van der Waals surface area (Å²) in [4.78, 5) is 13.1. The predicted molar refractivity (Wildman–Crippen MR) is 113 cm³/mol. The van der Waals surface area contributed by atoms with Crippen molar-refractivity contribution in [1.82, 2.24) is 0 Å². The second kappa shape index (κ2) is 8.43. The molecule has 6 nitrogen and oxygen atoms in total. The van der Waals surface area contributed by atoms with Crippen LogP contribution in [0, 0.1) is 11.6 Å². The largest absolute Gasteiger partial charge is 0.490 e. The molecule has 166 valence electrons. The van der Waals surface area contributed by atoms with Crippen LogP contribution in [0.3, 0.4) is 0 Å². The maximum atomic E-state index is 14.2. The molecule has 1 saturated heterocycles. The minimum atomic E-state index is -1.59. The van der Waals surface area contributed by atoms with Crippen molar-refractivity contribution >= 4 is 40.5 Å². The smallest absolute Gasteiger partial charge is 0.224 e. The first-order valence-corrected chi connectivity index (χ1v) is 10.5. The Balaban J connectivity index is 1.47. The number of aliphatic hydroxyl groups excluding tert-OH is 1. The molecule has 3 N–H and O–H groups in total. The first-order chi connectivity index (χ1) is 14.7. The summed E-state index contributed by atoms with van der Waals surface area (Å²) in [5, 5.41) is 24.3. The molecule has 2 atom stereocenters. The minimum Gasteiger partial charge on any atom is -0.490 e. The number of β-amino-alcohol motifs (C(OH)–C–C–N with tert-alkyl or cyclic N) is 1. The van der Waals surface area contributed by atoms with Crippen molar-refractivity contribution in [2.75, 3.05) is 29.9 Å². The maximum Gasteiger partial charge on any atom is 0.224 e. The second-order valence-electron chi connectivity index (χ2n) is 7.77. The van der Waals surface area contributed by atoms with Crippen molar-refractivity contribution in [2.24, 2.45) is 0 Å². The molecule has 1 amide bonds. The molecule has 2 aliphatic rings. The van der Waals surface area contributed by atoms with Crippen LogP contribution in [-0.4, -0.2) is 47.5 Å². The van der Waals surface area contributed by atoms with Gasteiger partial charge in [0.2, 0.25) is 5.91 Å². The Morgan fingerprint density at radius 1 is 1.19 bits per heavy atom. The number of nitrogens with zero attached hydrogens (tertiary/aromatic N) is 1. The molecule has 2 heterocycles. The number of carbonyl (C=O) groups is 1. The Kier molecular flexibility index (Phi) is 6.00. The molecule has 1 fully saturated rings. The lowest BCUT2D eigenvalue weighted by atomic mass is 9.89. The standard InChI is InChI=1S/C21H20Cl2F2N2O4/c22-12-2-3-17(11-1-4-19(29)26-20(11)12)31-10-21(30)5-6-27(9-18(21)28)16-8-14(24)13(23)7-15(16)25/h2-3,7-8,18,28,30H,1,4-6,9-10H2,(H,26,29)/t18-,21-/m1/s1. The Hall–Kier alpha value is -2.13. The molecular weight excluding hydrogens is 453 g/mol. The van der Waals surface area contributed by atoms with E-state index in [1.54, 1.807) is 12.1 Å². The number of rotatable bonds is 4. The van der Waals surface area contributed by atoms with Crippen molar-refractivity contribution in [3.63, 3.8) is 0 Å². The third-order valence-electron chi connectivity index (χ3n) is 5.72. The number of hydrogen-bond donors (Lipinski definition) is 3. The first kappa shape index (κ1) is 22.1. The maximum absolute atomic E-state index is 14.2. The molecule has 2 aliphatic heterocycles. The molecule has 2 aromatic rings. The fourth-order valence-electron chi connectivity index (χ4n) is 3.87. The lowest BCUT2D eigenvalue weighted by Crippen LogP contribution is -2.58. The molecule has 10 heteroatoms. The van der Waals surface area contributed by atoms with Gasteiger partial charge < -0.3 is 25.2 Å². The van der Waals surface area contributed by atoms with Gasteiger partial charge in [0, 0.05) is 31.1 Å². The van der Waals surface area contributed by atoms with Gasteiger partial charge in [0.25, 0.3) is 0 Å². The zero-order chi connectivity index (χ0) is 22.3. The first-order valence-electron chi connectivity index (χ1n) is 9.72. The summed E-state index contributed by atoms with van der Waals surface area (Å²) in [6.07, 6.45) is -0.492. The number of carbonyl (C=O) groups excluding carboxylic acids is 1. The van der Waals surface area contributed by atoms with Crippen LogP contribution >= 0.6 is 23.2 Å². The second-order valence-corrected chi connectivity index (χ2v) is 8.58. The Morgan fingerprint density at radius 2 is 1.97 bits per heavy atom. The van der Waals surface area contributed by atoms with Gasteiger partial charge >= 0.3 is 0 Å². The summed E-state index contributed by atoms with van der Waals surface area (Å²) in [6.45, 7) is -0.169. The van der Waals surface area contributed by atoms with E-state index in [1.165, 1.54) is 4.90 Å². The van der Waals surface area contributed by atoms with Crippen molar-refractivity contribution in [3.8, 4) is 5.75 Å². The van der Waals surface area contributed by atoms with Crippen molar-refractivity contribution in [3.05, 3.63) is 51.5 Å². The highest BCUT2D eigenvalue weighted by atomic mass is 35.5. The molecule has 31 heavy (non-hydrogen) atoms. The van der Waals surface area contributed by atoms with Crippen LogP contribution in [0.15, 0.2) is 24.3 Å². The van der Waals surface area contributed by atoms with E-state index in [9.17, 15) is 23.8 Å². The van der Waals surface area contributed by atoms with Crippen molar-refractivity contribution in [1.29, 1.82) is 0 Å². The Labute approximate surface area is 187 Å². The highest BCUT2D eigenvalue weighted by Crippen LogP contribution is 2.38. The number of nitrogens with one attached hydrogen (secondary N) is 1. The number of hydrogen-bond acceptors (Lipinski definition) is 5. The molecule has 0 bridgehead atoms. The average molecular weight is 473 g/mol. The number of halogens is 4. The zero-order valence-corrected chi connectivity index (χ0v) is 17.8. The number of ether oxygens (including phenoxy) is 1. The number of benzene rings is 2. The summed E-state index contributed by atoms with van der Waals surface area (Å²) in [5.74, 6) is -1.17. The average Bonchev–Trinajstić information content (AvgIpc) is 2.73. The van der Waals surface area contributed by atoms with E-state index in [0.29, 0.717) is 22.9 Å². The minimum absolute atomic E-state index is 0.0357. The summed E-state index contributed by atoms with van der Waals surface area (Å²) in [6, 6.07) is 5.09. The van der Waals surface area contributed by atoms with Gasteiger partial charge in [-0.25, -0.2) is 8.78 Å². The van der Waals surface area contributed by atoms with Gasteiger partial charge in [0.1, 0.15) is 35.7 Å². The third-order valence-corrected chi connectivity index (χ3v) is 6.33. The van der Waals surface area contributed by atoms with Crippen LogP contribution in [0.5, 0.6) is 5.75 Å². The number of amides is 1. The SMILES string of the molecule is O=C1CCc2c(OC[C@]3(O)CCN(c4cc(F)c(Cl)cc4F)C[C@H]3O)ccc(Cl)c2N1. The lowest BCUT2D eigenvalue weighted by molar-refractivity contribution is -0.116. The van der Waals surface area contributed by atoms with Gasteiger partial charge in [-0.2, -0.15) is 0 Å². The van der Waals surface area contributed by atoms with Gasteiger partial charge in [0.05, 0.1) is 21.4 Å². The summed E-state index contributed by atoms with van der Waals surface area (Å²) < 4.78 is 33.8. The van der Waals surface area contributed by atoms with Crippen LogP contribution in [0.4, 0.5) is 20.2 Å². The summed E-state index contributed by atoms with van der Waals surface area (Å²) in [7, 11) is 0. The fraction of sp³-hybridized carbons (Fsp3) is 0.381. The van der Waals surface area contributed by atoms with E-state index >= 15 is 0 Å². The van der Waals surface area contributed by atoms with Crippen molar-refractivity contribution in [2.45, 2.75) is 31.0 Å². The van der Waals surface area contributed by atoms with E-state index in [2.05, 4.69) is 5.32 Å². The molecule has 0 saturated carbocycles. The molecule has 4 rings (SSSR count). The molecule has 0 radical (unpaired) electrons. The van der Waals surface area contributed by atoms with Gasteiger partial charge in [-0.3, -0.25) is 4.79 Å². The van der Waals surface area contributed by atoms with E-state index in [-0.39, 0.29) is 49.2 Å². The van der Waals surface area contributed by atoms with Gasteiger partial charge in [-0.15, -0.1) is 0 Å². The number of piperidine rings is 1. The van der Waals surface area contributed by atoms with E-state index in [4.69, 9.17) is 27.9 Å². The molecule has 0 aromatic heterocycles. The number of aliphatic hydroxyl groups is 2. The topological polar surface area (TPSA) is 82.0 Å². The fourth-order valence-corrected chi connectivity index (χ4v) is 4.24. The highest BCUT2D eigenvalue weighted by molar-refractivity contribution is 6.34. The van der Waals surface area contributed by atoms with Gasteiger partial charge in [0.15, 0.2) is 0 Å². The van der Waals surface area contributed by atoms with Crippen LogP contribution < -0.4 is 15.0 Å². The summed E-state index contributed by atoms with van der Waals surface area (Å²) in [5.41, 5.74) is -0.423. The molecule has 0 spiro atoms. The quantitative estimate of drug-likeness (QED) is 0.592. The number of fused-ring (bicyclic) bond motifs is 1.